The highest BCUT2D eigenvalue weighted by molar-refractivity contribution is 8.18. The molecule has 1 fully saturated rings. The normalized spacial score (nSPS) is 16.0. The SMILES string of the molecule is CCCN1C(=O)S/C(=C/c2cn(Cc3ccccc3)c3ccccc23)C1=O. The van der Waals surface area contributed by atoms with Crippen molar-refractivity contribution < 1.29 is 9.59 Å². The smallest absolute Gasteiger partial charge is 0.293 e. The number of aromatic nitrogens is 1. The van der Waals surface area contributed by atoms with E-state index in [1.807, 2.05) is 43.3 Å². The van der Waals surface area contributed by atoms with E-state index in [4.69, 9.17) is 0 Å². The summed E-state index contributed by atoms with van der Waals surface area (Å²) in [6.07, 6.45) is 4.68. The second-order valence-corrected chi connectivity index (χ2v) is 7.54. The first kappa shape index (κ1) is 17.6. The molecule has 27 heavy (non-hydrogen) atoms. The standard InChI is InChI=1S/C22H20N2O2S/c1-2-12-24-21(25)20(27-22(24)26)13-17-15-23(14-16-8-4-3-5-9-16)19-11-7-6-10-18(17)19/h3-11,13,15H,2,12,14H2,1H3/b20-13+. The topological polar surface area (TPSA) is 42.3 Å². The molecule has 1 aliphatic rings. The monoisotopic (exact) mass is 376 g/mol. The van der Waals surface area contributed by atoms with Crippen molar-refractivity contribution in [2.75, 3.05) is 6.54 Å². The summed E-state index contributed by atoms with van der Waals surface area (Å²) in [6, 6.07) is 18.4. The number of carbonyl (C=O) groups is 2. The predicted octanol–water partition coefficient (Wildman–Crippen LogP) is 5.14. The van der Waals surface area contributed by atoms with Crippen LogP contribution in [0.4, 0.5) is 4.79 Å². The van der Waals surface area contributed by atoms with E-state index in [0.717, 1.165) is 41.2 Å². The first-order valence-corrected chi connectivity index (χ1v) is 9.86. The highest BCUT2D eigenvalue weighted by Crippen LogP contribution is 2.34. The van der Waals surface area contributed by atoms with Crippen molar-refractivity contribution in [3.8, 4) is 0 Å². The molecule has 0 atom stereocenters. The van der Waals surface area contributed by atoms with Crippen molar-refractivity contribution in [3.05, 3.63) is 76.8 Å². The Hall–Kier alpha value is -2.79. The lowest BCUT2D eigenvalue weighted by Crippen LogP contribution is -2.28. The minimum absolute atomic E-state index is 0.180. The Labute approximate surface area is 162 Å². The van der Waals surface area contributed by atoms with Gasteiger partial charge in [0.2, 0.25) is 0 Å². The molecular formula is C22H20N2O2S. The van der Waals surface area contributed by atoms with Gasteiger partial charge in [0.05, 0.1) is 4.91 Å². The zero-order valence-corrected chi connectivity index (χ0v) is 15.9. The maximum absolute atomic E-state index is 12.6. The van der Waals surface area contributed by atoms with E-state index in [0.29, 0.717) is 11.4 Å². The lowest BCUT2D eigenvalue weighted by atomic mass is 10.1. The molecule has 0 spiro atoms. The van der Waals surface area contributed by atoms with Gasteiger partial charge in [0.1, 0.15) is 0 Å². The zero-order valence-electron chi connectivity index (χ0n) is 15.1. The van der Waals surface area contributed by atoms with Crippen molar-refractivity contribution in [1.29, 1.82) is 0 Å². The Kier molecular flexibility index (Phi) is 4.86. The van der Waals surface area contributed by atoms with Crippen molar-refractivity contribution in [2.45, 2.75) is 19.9 Å². The first-order valence-electron chi connectivity index (χ1n) is 9.04. The number of nitrogens with zero attached hydrogens (tertiary/aromatic N) is 2. The second kappa shape index (κ2) is 7.45. The molecule has 3 aromatic rings. The molecule has 0 saturated carbocycles. The third kappa shape index (κ3) is 3.43. The van der Waals surface area contributed by atoms with Crippen LogP contribution >= 0.6 is 11.8 Å². The van der Waals surface area contributed by atoms with E-state index < -0.39 is 0 Å². The van der Waals surface area contributed by atoms with Crippen molar-refractivity contribution >= 4 is 39.9 Å². The largest absolute Gasteiger partial charge is 0.342 e. The second-order valence-electron chi connectivity index (χ2n) is 6.55. The van der Waals surface area contributed by atoms with Crippen molar-refractivity contribution in [1.82, 2.24) is 9.47 Å². The highest BCUT2D eigenvalue weighted by atomic mass is 32.2. The number of rotatable bonds is 5. The van der Waals surface area contributed by atoms with Gasteiger partial charge in [-0.2, -0.15) is 0 Å². The molecule has 4 rings (SSSR count). The number of hydrogen-bond acceptors (Lipinski definition) is 3. The fourth-order valence-corrected chi connectivity index (χ4v) is 4.21. The summed E-state index contributed by atoms with van der Waals surface area (Å²) in [6.45, 7) is 3.19. The van der Waals surface area contributed by atoms with Crippen molar-refractivity contribution in [2.24, 2.45) is 0 Å². The number of para-hydroxylation sites is 1. The van der Waals surface area contributed by atoms with E-state index in [-0.39, 0.29) is 11.1 Å². The van der Waals surface area contributed by atoms with Crippen LogP contribution in [0.1, 0.15) is 24.5 Å². The lowest BCUT2D eigenvalue weighted by Gasteiger charge is -2.09. The molecule has 0 N–H and O–H groups in total. The summed E-state index contributed by atoms with van der Waals surface area (Å²) in [7, 11) is 0. The molecule has 2 amide bonds. The van der Waals surface area contributed by atoms with Crippen LogP contribution in [0.3, 0.4) is 0 Å². The van der Waals surface area contributed by atoms with Crippen molar-refractivity contribution in [3.63, 3.8) is 0 Å². The van der Waals surface area contributed by atoms with Crippen LogP contribution in [0, 0.1) is 0 Å². The number of fused-ring (bicyclic) bond motifs is 1. The fourth-order valence-electron chi connectivity index (χ4n) is 3.36. The summed E-state index contributed by atoms with van der Waals surface area (Å²) in [5, 5.41) is 0.900. The van der Waals surface area contributed by atoms with Gasteiger partial charge in [0.15, 0.2) is 0 Å². The van der Waals surface area contributed by atoms with Gasteiger partial charge < -0.3 is 4.57 Å². The Morgan fingerprint density at radius 3 is 2.52 bits per heavy atom. The van der Waals surface area contributed by atoms with Crippen LogP contribution < -0.4 is 0 Å². The van der Waals surface area contributed by atoms with Crippen LogP contribution in [0.15, 0.2) is 65.7 Å². The predicted molar refractivity (Wildman–Crippen MR) is 110 cm³/mol. The molecule has 136 valence electrons. The first-order chi connectivity index (χ1) is 13.2. The van der Waals surface area contributed by atoms with Gasteiger partial charge in [0, 0.05) is 35.8 Å². The van der Waals surface area contributed by atoms with Gasteiger partial charge in [-0.05, 0) is 35.9 Å². The Morgan fingerprint density at radius 2 is 1.74 bits per heavy atom. The van der Waals surface area contributed by atoms with Crippen LogP contribution in [0.2, 0.25) is 0 Å². The molecular weight excluding hydrogens is 356 g/mol. The number of hydrogen-bond donors (Lipinski definition) is 0. The molecule has 4 nitrogen and oxygen atoms in total. The van der Waals surface area contributed by atoms with Crippen LogP contribution in [-0.2, 0) is 11.3 Å². The molecule has 0 bridgehead atoms. The minimum Gasteiger partial charge on any atom is -0.342 e. The number of imide groups is 1. The Balaban J connectivity index is 1.73. The molecule has 1 saturated heterocycles. The van der Waals surface area contributed by atoms with Gasteiger partial charge in [-0.3, -0.25) is 14.5 Å². The quantitative estimate of drug-likeness (QED) is 0.579. The number of carbonyl (C=O) groups excluding carboxylic acids is 2. The van der Waals surface area contributed by atoms with E-state index in [1.54, 1.807) is 0 Å². The summed E-state index contributed by atoms with van der Waals surface area (Å²) in [5.74, 6) is -0.188. The van der Waals surface area contributed by atoms with E-state index in [2.05, 4.69) is 35.0 Å². The minimum atomic E-state index is -0.188. The summed E-state index contributed by atoms with van der Waals surface area (Å²) in [5.41, 5.74) is 3.29. The zero-order chi connectivity index (χ0) is 18.8. The molecule has 1 aliphatic heterocycles. The van der Waals surface area contributed by atoms with E-state index in [1.165, 1.54) is 10.5 Å². The highest BCUT2D eigenvalue weighted by Gasteiger charge is 2.34. The lowest BCUT2D eigenvalue weighted by molar-refractivity contribution is -0.122. The molecule has 1 aromatic heterocycles. The van der Waals surface area contributed by atoms with E-state index in [9.17, 15) is 9.59 Å². The van der Waals surface area contributed by atoms with Crippen LogP contribution in [-0.4, -0.2) is 27.2 Å². The van der Waals surface area contributed by atoms with E-state index >= 15 is 0 Å². The number of benzene rings is 2. The maximum atomic E-state index is 12.6. The molecule has 0 unspecified atom stereocenters. The van der Waals surface area contributed by atoms with Crippen LogP contribution in [0.5, 0.6) is 0 Å². The summed E-state index contributed by atoms with van der Waals surface area (Å²) in [4.78, 5) is 26.5. The van der Waals surface area contributed by atoms with Gasteiger partial charge in [-0.15, -0.1) is 0 Å². The molecule has 2 heterocycles. The van der Waals surface area contributed by atoms with Gasteiger partial charge in [-0.25, -0.2) is 0 Å². The third-order valence-corrected chi connectivity index (χ3v) is 5.53. The van der Waals surface area contributed by atoms with Gasteiger partial charge >= 0.3 is 0 Å². The maximum Gasteiger partial charge on any atom is 0.293 e. The number of amides is 2. The molecule has 2 aromatic carbocycles. The molecule has 5 heteroatoms. The Morgan fingerprint density at radius 1 is 1.00 bits per heavy atom. The summed E-state index contributed by atoms with van der Waals surface area (Å²) < 4.78 is 2.19. The average molecular weight is 376 g/mol. The number of thioether (sulfide) groups is 1. The van der Waals surface area contributed by atoms with Crippen LogP contribution in [0.25, 0.3) is 17.0 Å². The molecule has 0 radical (unpaired) electrons. The fraction of sp³-hybridized carbons (Fsp3) is 0.182. The summed E-state index contributed by atoms with van der Waals surface area (Å²) >= 11 is 1.03. The van der Waals surface area contributed by atoms with Gasteiger partial charge in [-0.1, -0.05) is 55.5 Å². The molecule has 0 aliphatic carbocycles. The van der Waals surface area contributed by atoms with Gasteiger partial charge in [0.25, 0.3) is 11.1 Å². The average Bonchev–Trinajstić information content (AvgIpc) is 3.16. The third-order valence-electron chi connectivity index (χ3n) is 4.62. The Bertz CT molecular complexity index is 1040.